The van der Waals surface area contributed by atoms with Crippen molar-refractivity contribution in [1.29, 1.82) is 0 Å². The van der Waals surface area contributed by atoms with Crippen LogP contribution in [-0.4, -0.2) is 49.6 Å². The Morgan fingerprint density at radius 1 is 1.44 bits per heavy atom. The zero-order chi connectivity index (χ0) is 18.0. The van der Waals surface area contributed by atoms with E-state index in [1.54, 1.807) is 23.2 Å². The van der Waals surface area contributed by atoms with E-state index in [9.17, 15) is 20.0 Å². The molecule has 1 aromatic heterocycles. The summed E-state index contributed by atoms with van der Waals surface area (Å²) < 4.78 is 1.54. The highest BCUT2D eigenvalue weighted by molar-refractivity contribution is 5.95. The molecule has 1 saturated heterocycles. The van der Waals surface area contributed by atoms with Crippen molar-refractivity contribution in [3.63, 3.8) is 0 Å². The van der Waals surface area contributed by atoms with Crippen molar-refractivity contribution >= 4 is 11.6 Å². The predicted octanol–water partition coefficient (Wildman–Crippen LogP) is 2.01. The van der Waals surface area contributed by atoms with E-state index in [2.05, 4.69) is 4.98 Å². The fourth-order valence-corrected chi connectivity index (χ4v) is 3.20. The van der Waals surface area contributed by atoms with E-state index in [4.69, 9.17) is 0 Å². The first-order valence-corrected chi connectivity index (χ1v) is 8.20. The molecule has 0 bridgehead atoms. The van der Waals surface area contributed by atoms with Crippen molar-refractivity contribution in [2.45, 2.75) is 25.8 Å². The average molecular weight is 344 g/mol. The van der Waals surface area contributed by atoms with E-state index < -0.39 is 4.92 Å². The van der Waals surface area contributed by atoms with Crippen LogP contribution < -0.4 is 0 Å². The third-order valence-electron chi connectivity index (χ3n) is 4.70. The Morgan fingerprint density at radius 3 is 2.88 bits per heavy atom. The van der Waals surface area contributed by atoms with Crippen LogP contribution in [0.3, 0.4) is 0 Å². The lowest BCUT2D eigenvalue weighted by Gasteiger charge is -2.37. The lowest BCUT2D eigenvalue weighted by molar-refractivity contribution is -0.384. The van der Waals surface area contributed by atoms with Crippen molar-refractivity contribution in [3.05, 3.63) is 52.6 Å². The van der Waals surface area contributed by atoms with Gasteiger partial charge in [0.05, 0.1) is 11.3 Å². The van der Waals surface area contributed by atoms with Crippen molar-refractivity contribution in [2.75, 3.05) is 13.2 Å². The van der Waals surface area contributed by atoms with Crippen LogP contribution in [0.25, 0.3) is 5.69 Å². The van der Waals surface area contributed by atoms with Crippen LogP contribution >= 0.6 is 0 Å². The Labute approximate surface area is 144 Å². The molecule has 1 N–H and O–H groups in total. The van der Waals surface area contributed by atoms with Gasteiger partial charge in [0, 0.05) is 43.2 Å². The second-order valence-corrected chi connectivity index (χ2v) is 6.36. The van der Waals surface area contributed by atoms with Crippen molar-refractivity contribution < 1.29 is 14.8 Å². The number of imidazole rings is 1. The molecule has 1 aliphatic heterocycles. The molecule has 1 aliphatic rings. The maximum absolute atomic E-state index is 12.8. The number of hydrogen-bond acceptors (Lipinski definition) is 5. The molecule has 0 spiro atoms. The molecule has 8 heteroatoms. The van der Waals surface area contributed by atoms with E-state index in [0.29, 0.717) is 12.2 Å². The number of aromatic nitrogens is 2. The number of nitro groups is 1. The van der Waals surface area contributed by atoms with Gasteiger partial charge in [0.1, 0.15) is 5.69 Å². The lowest BCUT2D eigenvalue weighted by Crippen LogP contribution is -2.46. The van der Waals surface area contributed by atoms with E-state index in [1.165, 1.54) is 23.2 Å². The summed E-state index contributed by atoms with van der Waals surface area (Å²) in [6.45, 7) is 2.46. The fraction of sp³-hybridized carbons (Fsp3) is 0.412. The fourth-order valence-electron chi connectivity index (χ4n) is 3.20. The lowest BCUT2D eigenvalue weighted by atomic mass is 9.93. The summed E-state index contributed by atoms with van der Waals surface area (Å²) in [5.41, 5.74) is 0.493. The van der Waals surface area contributed by atoms with Gasteiger partial charge in [0.15, 0.2) is 0 Å². The van der Waals surface area contributed by atoms with Gasteiger partial charge in [-0.25, -0.2) is 4.98 Å². The molecule has 2 heterocycles. The van der Waals surface area contributed by atoms with E-state index in [0.717, 1.165) is 12.8 Å². The quantitative estimate of drug-likeness (QED) is 0.675. The Bertz CT molecular complexity index is 775. The molecule has 8 nitrogen and oxygen atoms in total. The average Bonchev–Trinajstić information content (AvgIpc) is 3.15. The van der Waals surface area contributed by atoms with Gasteiger partial charge < -0.3 is 14.6 Å². The number of amides is 1. The van der Waals surface area contributed by atoms with Gasteiger partial charge in [-0.05, 0) is 37.8 Å². The number of carbonyl (C=O) groups excluding carboxylic acids is 1. The van der Waals surface area contributed by atoms with Gasteiger partial charge in [-0.15, -0.1) is 0 Å². The minimum Gasteiger partial charge on any atom is -0.396 e. The first kappa shape index (κ1) is 17.1. The third-order valence-corrected chi connectivity index (χ3v) is 4.70. The van der Waals surface area contributed by atoms with Crippen molar-refractivity contribution in [1.82, 2.24) is 14.5 Å². The van der Waals surface area contributed by atoms with Gasteiger partial charge in [0.25, 0.3) is 11.6 Å². The van der Waals surface area contributed by atoms with Crippen molar-refractivity contribution in [3.8, 4) is 5.69 Å². The summed E-state index contributed by atoms with van der Waals surface area (Å²) in [5, 5.41) is 20.8. The number of nitrogens with zero attached hydrogens (tertiary/aromatic N) is 4. The minimum absolute atomic E-state index is 0.0379. The van der Waals surface area contributed by atoms with Crippen molar-refractivity contribution in [2.24, 2.45) is 5.92 Å². The normalized spacial score (nSPS) is 20.5. The minimum atomic E-state index is -0.498. The molecule has 3 rings (SSSR count). The summed E-state index contributed by atoms with van der Waals surface area (Å²) in [6.07, 6.45) is 6.31. The number of rotatable bonds is 4. The Hall–Kier alpha value is -2.74. The first-order chi connectivity index (χ1) is 12.0. The highest BCUT2D eigenvalue weighted by Crippen LogP contribution is 2.27. The summed E-state index contributed by atoms with van der Waals surface area (Å²) in [4.78, 5) is 29.4. The van der Waals surface area contributed by atoms with Gasteiger partial charge in [-0.1, -0.05) is 0 Å². The van der Waals surface area contributed by atoms with Crippen LogP contribution in [0, 0.1) is 16.0 Å². The third kappa shape index (κ3) is 3.39. The molecule has 2 unspecified atom stereocenters. The Balaban J connectivity index is 1.93. The highest BCUT2D eigenvalue weighted by atomic mass is 16.6. The molecule has 2 aromatic rings. The number of benzene rings is 1. The smallest absolute Gasteiger partial charge is 0.294 e. The van der Waals surface area contributed by atoms with Gasteiger partial charge in [0.2, 0.25) is 0 Å². The Morgan fingerprint density at radius 2 is 2.24 bits per heavy atom. The number of carbonyl (C=O) groups is 1. The maximum Gasteiger partial charge on any atom is 0.294 e. The molecule has 0 saturated carbocycles. The van der Waals surface area contributed by atoms with Crippen LogP contribution in [0.1, 0.15) is 30.1 Å². The second kappa shape index (κ2) is 7.02. The monoisotopic (exact) mass is 344 g/mol. The standard InChI is InChI=1S/C17H20N4O4/c1-12-2-3-13(10-22)9-20(12)17(23)14-4-5-15(16(8-14)21(24)25)19-7-6-18-11-19/h4-8,11-13,22H,2-3,9-10H2,1H3. The SMILES string of the molecule is CC1CCC(CO)CN1C(=O)c1ccc(-n2ccnc2)c([N+](=O)[O-])c1. The second-order valence-electron chi connectivity index (χ2n) is 6.36. The molecule has 0 aliphatic carbocycles. The number of aliphatic hydroxyl groups is 1. The molecule has 25 heavy (non-hydrogen) atoms. The molecule has 0 radical (unpaired) electrons. The topological polar surface area (TPSA) is 102 Å². The number of hydrogen-bond donors (Lipinski definition) is 1. The van der Waals surface area contributed by atoms with E-state index in [1.807, 2.05) is 6.92 Å². The molecule has 1 amide bonds. The first-order valence-electron chi connectivity index (χ1n) is 8.20. The van der Waals surface area contributed by atoms with Gasteiger partial charge in [-0.3, -0.25) is 14.9 Å². The molecule has 2 atom stereocenters. The van der Waals surface area contributed by atoms with E-state index in [-0.39, 0.29) is 35.7 Å². The molecule has 1 aromatic carbocycles. The largest absolute Gasteiger partial charge is 0.396 e. The maximum atomic E-state index is 12.8. The van der Waals surface area contributed by atoms with Crippen LogP contribution in [0.4, 0.5) is 5.69 Å². The van der Waals surface area contributed by atoms with Crippen LogP contribution in [0.2, 0.25) is 0 Å². The van der Waals surface area contributed by atoms with Gasteiger partial charge in [-0.2, -0.15) is 0 Å². The highest BCUT2D eigenvalue weighted by Gasteiger charge is 2.30. The van der Waals surface area contributed by atoms with Gasteiger partial charge >= 0.3 is 0 Å². The van der Waals surface area contributed by atoms with Crippen LogP contribution in [0.5, 0.6) is 0 Å². The predicted molar refractivity (Wildman–Crippen MR) is 90.5 cm³/mol. The summed E-state index contributed by atoms with van der Waals surface area (Å²) >= 11 is 0. The molecular formula is C17H20N4O4. The number of aliphatic hydroxyl groups excluding tert-OH is 1. The number of piperidine rings is 1. The Kier molecular flexibility index (Phi) is 4.80. The summed E-state index contributed by atoms with van der Waals surface area (Å²) in [6, 6.07) is 4.51. The van der Waals surface area contributed by atoms with Crippen LogP contribution in [-0.2, 0) is 0 Å². The molecule has 1 fully saturated rings. The van der Waals surface area contributed by atoms with Crippen LogP contribution in [0.15, 0.2) is 36.9 Å². The van der Waals surface area contributed by atoms with E-state index >= 15 is 0 Å². The summed E-state index contributed by atoms with van der Waals surface area (Å²) in [5.74, 6) is -0.189. The number of likely N-dealkylation sites (tertiary alicyclic amines) is 1. The summed E-state index contributed by atoms with van der Waals surface area (Å²) in [7, 11) is 0. The molecule has 132 valence electrons. The number of nitro benzene ring substituents is 1. The zero-order valence-corrected chi connectivity index (χ0v) is 13.9. The molecular weight excluding hydrogens is 324 g/mol. The zero-order valence-electron chi connectivity index (χ0n) is 13.9.